The number of halogens is 3. The van der Waals surface area contributed by atoms with Gasteiger partial charge in [-0.15, -0.1) is 5.10 Å². The van der Waals surface area contributed by atoms with E-state index in [2.05, 4.69) is 20.4 Å². The molecule has 5 heterocycles. The zero-order valence-corrected chi connectivity index (χ0v) is 24.7. The fraction of sp³-hybridized carbons (Fsp3) is 0.464. The quantitative estimate of drug-likeness (QED) is 0.277. The number of rotatable bonds is 7. The van der Waals surface area contributed by atoms with Crippen molar-refractivity contribution in [1.82, 2.24) is 34.5 Å². The van der Waals surface area contributed by atoms with E-state index >= 15 is 4.39 Å². The summed E-state index contributed by atoms with van der Waals surface area (Å²) in [5, 5.41) is 13.3. The molecule has 42 heavy (non-hydrogen) atoms. The van der Waals surface area contributed by atoms with Crippen LogP contribution in [-0.2, 0) is 9.47 Å². The lowest BCUT2D eigenvalue weighted by Gasteiger charge is -2.35. The molecular weight excluding hydrogens is 572 g/mol. The van der Waals surface area contributed by atoms with Crippen molar-refractivity contribution in [2.45, 2.75) is 58.0 Å². The summed E-state index contributed by atoms with van der Waals surface area (Å²) in [6.07, 6.45) is 2.22. The molecule has 224 valence electrons. The van der Waals surface area contributed by atoms with Gasteiger partial charge in [-0.3, -0.25) is 4.98 Å². The molecule has 1 aliphatic heterocycles. The molecule has 0 saturated carbocycles. The third-order valence-electron chi connectivity index (χ3n) is 6.96. The number of fused-ring (bicyclic) bond motifs is 1. The smallest absolute Gasteiger partial charge is 0.410 e. The molecule has 4 aromatic rings. The lowest BCUT2D eigenvalue weighted by atomic mass is 10.0. The Hall–Kier alpha value is -3.84. The van der Waals surface area contributed by atoms with E-state index in [1.165, 1.54) is 30.3 Å². The maximum atomic E-state index is 15.4. The highest BCUT2D eigenvalue weighted by Crippen LogP contribution is 2.35. The van der Waals surface area contributed by atoms with Crippen molar-refractivity contribution in [2.24, 2.45) is 0 Å². The molecular formula is C28H32ClF2N7O4. The number of hydrogen-bond acceptors (Lipinski definition) is 8. The molecule has 0 aromatic carbocycles. The van der Waals surface area contributed by atoms with E-state index < -0.39 is 35.8 Å². The normalized spacial score (nSPS) is 18.3. The predicted octanol–water partition coefficient (Wildman–Crippen LogP) is 5.38. The third-order valence-corrected chi connectivity index (χ3v) is 7.24. The number of piperidine rings is 1. The third kappa shape index (κ3) is 6.16. The van der Waals surface area contributed by atoms with Gasteiger partial charge in [-0.25, -0.2) is 22.8 Å². The van der Waals surface area contributed by atoms with E-state index in [1.54, 1.807) is 42.2 Å². The van der Waals surface area contributed by atoms with Crippen LogP contribution in [-0.4, -0.2) is 79.2 Å². The zero-order chi connectivity index (χ0) is 30.2. The lowest BCUT2D eigenvalue weighted by Crippen LogP contribution is -2.47. The fourth-order valence-corrected chi connectivity index (χ4v) is 5.11. The minimum absolute atomic E-state index is 0.0567. The highest BCUT2D eigenvalue weighted by molar-refractivity contribution is 6.34. The van der Waals surface area contributed by atoms with Gasteiger partial charge in [0.25, 0.3) is 0 Å². The van der Waals surface area contributed by atoms with Crippen LogP contribution in [0, 0.1) is 12.7 Å². The fourth-order valence-electron chi connectivity index (χ4n) is 4.89. The van der Waals surface area contributed by atoms with Crippen LogP contribution in [0.5, 0.6) is 5.75 Å². The first-order chi connectivity index (χ1) is 19.9. The topological polar surface area (TPSA) is 109 Å². The molecule has 5 rings (SSSR count). The summed E-state index contributed by atoms with van der Waals surface area (Å²) in [6, 6.07) is 3.99. The number of likely N-dealkylation sites (tertiary alicyclic amines) is 1. The van der Waals surface area contributed by atoms with Crippen molar-refractivity contribution >= 4 is 23.2 Å². The molecule has 0 aliphatic carbocycles. The highest BCUT2D eigenvalue weighted by atomic mass is 35.5. The van der Waals surface area contributed by atoms with Crippen LogP contribution in [0.3, 0.4) is 0 Å². The highest BCUT2D eigenvalue weighted by Gasteiger charge is 2.36. The average Bonchev–Trinajstić information content (AvgIpc) is 3.51. The average molecular weight is 604 g/mol. The van der Waals surface area contributed by atoms with Gasteiger partial charge in [-0.1, -0.05) is 16.8 Å². The molecule has 1 fully saturated rings. The van der Waals surface area contributed by atoms with Gasteiger partial charge < -0.3 is 19.1 Å². The second kappa shape index (κ2) is 11.8. The van der Waals surface area contributed by atoms with Crippen molar-refractivity contribution in [3.8, 4) is 17.0 Å². The lowest BCUT2D eigenvalue weighted by molar-refractivity contribution is 0.00546. The largest absolute Gasteiger partial charge is 0.488 e. The van der Waals surface area contributed by atoms with E-state index in [0.717, 1.165) is 6.20 Å². The second-order valence-corrected chi connectivity index (χ2v) is 11.5. The molecule has 1 aliphatic rings. The Morgan fingerprint density at radius 2 is 2.05 bits per heavy atom. The summed E-state index contributed by atoms with van der Waals surface area (Å²) >= 11 is 6.42. The molecule has 11 nitrogen and oxygen atoms in total. The summed E-state index contributed by atoms with van der Waals surface area (Å²) in [5.41, 5.74) is 2.15. The molecule has 0 radical (unpaired) electrons. The van der Waals surface area contributed by atoms with E-state index in [0.29, 0.717) is 51.9 Å². The van der Waals surface area contributed by atoms with E-state index in [-0.39, 0.29) is 13.2 Å². The molecule has 0 spiro atoms. The maximum absolute atomic E-state index is 15.4. The molecule has 1 unspecified atom stereocenters. The van der Waals surface area contributed by atoms with Gasteiger partial charge in [-0.05, 0) is 52.3 Å². The number of carbonyl (C=O) groups excluding carboxylic acids is 1. The number of carbonyl (C=O) groups is 1. The number of nitrogens with zero attached hydrogens (tertiary/aromatic N) is 7. The van der Waals surface area contributed by atoms with Crippen LogP contribution in [0.1, 0.15) is 50.7 Å². The first-order valence-electron chi connectivity index (χ1n) is 13.4. The van der Waals surface area contributed by atoms with Crippen LogP contribution in [0.15, 0.2) is 36.8 Å². The van der Waals surface area contributed by atoms with Crippen LogP contribution >= 0.6 is 11.6 Å². The van der Waals surface area contributed by atoms with E-state index in [4.69, 9.17) is 25.8 Å². The first-order valence-corrected chi connectivity index (χ1v) is 13.8. The van der Waals surface area contributed by atoms with Gasteiger partial charge in [0.05, 0.1) is 41.4 Å². The molecule has 1 saturated heterocycles. The monoisotopic (exact) mass is 603 g/mol. The standard InChI is InChI=1S/C28H32ClF2N7O4/c1-16-25(34-35-38(16)22-8-9-36(14-20(22)31)27(39)42-28(2,3)4)17-10-23(26-19(29)12-33-37(26)13-17)41-15-24(40-5)21-7-6-18(30)11-32-21/h6-7,10-13,20,22,24H,8-9,14-15H2,1-5H3/t20-,22+,24?/m0/s1. The number of methoxy groups -OCH3 is 1. The Morgan fingerprint density at radius 1 is 1.26 bits per heavy atom. The van der Waals surface area contributed by atoms with Crippen LogP contribution in [0.4, 0.5) is 13.6 Å². The van der Waals surface area contributed by atoms with Crippen LogP contribution < -0.4 is 4.74 Å². The molecule has 1 amide bonds. The maximum Gasteiger partial charge on any atom is 0.410 e. The number of amides is 1. The number of hydrogen-bond donors (Lipinski definition) is 0. The number of ether oxygens (including phenoxy) is 3. The number of pyridine rings is 2. The number of aromatic nitrogens is 6. The summed E-state index contributed by atoms with van der Waals surface area (Å²) in [7, 11) is 1.51. The van der Waals surface area contributed by atoms with Gasteiger partial charge in [0, 0.05) is 25.4 Å². The van der Waals surface area contributed by atoms with E-state index in [9.17, 15) is 9.18 Å². The van der Waals surface area contributed by atoms with Crippen molar-refractivity contribution < 1.29 is 27.8 Å². The minimum Gasteiger partial charge on any atom is -0.488 e. The Bertz CT molecular complexity index is 1570. The Morgan fingerprint density at radius 3 is 2.71 bits per heavy atom. The van der Waals surface area contributed by atoms with Gasteiger partial charge in [0.2, 0.25) is 0 Å². The summed E-state index contributed by atoms with van der Waals surface area (Å²) < 4.78 is 48.9. The number of alkyl halides is 1. The zero-order valence-electron chi connectivity index (χ0n) is 23.9. The van der Waals surface area contributed by atoms with Crippen LogP contribution in [0.25, 0.3) is 16.8 Å². The first kappa shape index (κ1) is 29.6. The molecule has 0 bridgehead atoms. The molecule has 4 aromatic heterocycles. The Labute approximate surface area is 246 Å². The van der Waals surface area contributed by atoms with Crippen molar-refractivity contribution in [3.63, 3.8) is 0 Å². The molecule has 0 N–H and O–H groups in total. The Balaban J connectivity index is 1.38. The van der Waals surface area contributed by atoms with Gasteiger partial charge >= 0.3 is 6.09 Å². The minimum atomic E-state index is -1.36. The van der Waals surface area contributed by atoms with E-state index in [1.807, 2.05) is 6.92 Å². The van der Waals surface area contributed by atoms with Crippen LogP contribution in [0.2, 0.25) is 5.02 Å². The summed E-state index contributed by atoms with van der Waals surface area (Å²) in [6.45, 7) is 7.41. The van der Waals surface area contributed by atoms with Gasteiger partial charge in [-0.2, -0.15) is 5.10 Å². The predicted molar refractivity (Wildman–Crippen MR) is 150 cm³/mol. The summed E-state index contributed by atoms with van der Waals surface area (Å²) in [4.78, 5) is 17.9. The molecule has 3 atom stereocenters. The summed E-state index contributed by atoms with van der Waals surface area (Å²) in [5.74, 6) is -0.0480. The van der Waals surface area contributed by atoms with Gasteiger partial charge in [0.15, 0.2) is 0 Å². The molecule has 14 heteroatoms. The van der Waals surface area contributed by atoms with Gasteiger partial charge in [0.1, 0.15) is 47.3 Å². The van der Waals surface area contributed by atoms with Crippen molar-refractivity contribution in [2.75, 3.05) is 26.8 Å². The second-order valence-electron chi connectivity index (χ2n) is 11.1. The van der Waals surface area contributed by atoms with Crippen molar-refractivity contribution in [3.05, 3.63) is 59.0 Å². The Kier molecular flexibility index (Phi) is 8.33. The SMILES string of the molecule is COC(COc1cc(-c2nnn([C@@H]3CCN(C(=O)OC(C)(C)C)C[C@@H]3F)c2C)cn2ncc(Cl)c12)c1ccc(F)cn1. The van der Waals surface area contributed by atoms with Crippen molar-refractivity contribution in [1.29, 1.82) is 0 Å².